The van der Waals surface area contributed by atoms with Crippen LogP contribution < -0.4 is 0 Å². The molecule has 0 radical (unpaired) electrons. The SMILES string of the molecule is C=C(C)/C(=N/OCC1CC1)C(=O)OCC. The van der Waals surface area contributed by atoms with E-state index < -0.39 is 5.97 Å². The van der Waals surface area contributed by atoms with Crippen LogP contribution in [0, 0.1) is 5.92 Å². The number of carbonyl (C=O) groups is 1. The first kappa shape index (κ1) is 11.8. The van der Waals surface area contributed by atoms with Crippen molar-refractivity contribution in [2.45, 2.75) is 26.7 Å². The minimum atomic E-state index is -0.471. The molecule has 0 N–H and O–H groups in total. The van der Waals surface area contributed by atoms with E-state index in [0.29, 0.717) is 24.7 Å². The summed E-state index contributed by atoms with van der Waals surface area (Å²) in [5.74, 6) is 0.142. The summed E-state index contributed by atoms with van der Waals surface area (Å²) in [6, 6.07) is 0. The predicted molar refractivity (Wildman–Crippen MR) is 57.6 cm³/mol. The molecule has 0 spiro atoms. The molecule has 0 amide bonds. The molecule has 0 atom stereocenters. The van der Waals surface area contributed by atoms with Crippen molar-refractivity contribution in [2.24, 2.45) is 11.1 Å². The van der Waals surface area contributed by atoms with Gasteiger partial charge < -0.3 is 9.57 Å². The second-order valence-electron chi connectivity index (χ2n) is 3.68. The van der Waals surface area contributed by atoms with Gasteiger partial charge in [-0.2, -0.15) is 0 Å². The van der Waals surface area contributed by atoms with Crippen molar-refractivity contribution in [3.63, 3.8) is 0 Å². The zero-order valence-electron chi connectivity index (χ0n) is 9.28. The van der Waals surface area contributed by atoms with E-state index >= 15 is 0 Å². The lowest BCUT2D eigenvalue weighted by molar-refractivity contribution is -0.135. The monoisotopic (exact) mass is 211 g/mol. The van der Waals surface area contributed by atoms with E-state index in [1.165, 1.54) is 12.8 Å². The first-order valence-corrected chi connectivity index (χ1v) is 5.18. The van der Waals surface area contributed by atoms with Gasteiger partial charge >= 0.3 is 5.97 Å². The number of oxime groups is 1. The Hall–Kier alpha value is -1.32. The van der Waals surface area contributed by atoms with Gasteiger partial charge in [-0.3, -0.25) is 0 Å². The van der Waals surface area contributed by atoms with E-state index in [1.54, 1.807) is 13.8 Å². The van der Waals surface area contributed by atoms with Crippen LogP contribution in [0.15, 0.2) is 17.3 Å². The molecule has 84 valence electrons. The summed E-state index contributed by atoms with van der Waals surface area (Å²) in [6.07, 6.45) is 2.38. The molecule has 4 heteroatoms. The second-order valence-corrected chi connectivity index (χ2v) is 3.68. The summed E-state index contributed by atoms with van der Waals surface area (Å²) in [6.45, 7) is 8.02. The normalized spacial score (nSPS) is 16.0. The lowest BCUT2D eigenvalue weighted by Crippen LogP contribution is -2.19. The van der Waals surface area contributed by atoms with Gasteiger partial charge in [0.15, 0.2) is 5.71 Å². The second kappa shape index (κ2) is 5.53. The van der Waals surface area contributed by atoms with E-state index in [2.05, 4.69) is 11.7 Å². The van der Waals surface area contributed by atoms with Crippen molar-refractivity contribution in [3.05, 3.63) is 12.2 Å². The van der Waals surface area contributed by atoms with Crippen molar-refractivity contribution >= 4 is 11.7 Å². The number of hydrogen-bond acceptors (Lipinski definition) is 4. The lowest BCUT2D eigenvalue weighted by atomic mass is 10.2. The highest BCUT2D eigenvalue weighted by Gasteiger charge is 2.22. The molecule has 0 bridgehead atoms. The molecule has 0 heterocycles. The summed E-state index contributed by atoms with van der Waals surface area (Å²) in [5.41, 5.74) is 0.738. The van der Waals surface area contributed by atoms with Crippen LogP contribution in [-0.2, 0) is 14.4 Å². The molecule has 0 aliphatic heterocycles. The van der Waals surface area contributed by atoms with Gasteiger partial charge in [0.2, 0.25) is 0 Å². The Bertz CT molecular complexity index is 280. The molecule has 4 nitrogen and oxygen atoms in total. The van der Waals surface area contributed by atoms with Crippen molar-refractivity contribution in [2.75, 3.05) is 13.2 Å². The Morgan fingerprint density at radius 1 is 1.53 bits per heavy atom. The first-order chi connectivity index (χ1) is 7.15. The molecule has 1 aliphatic carbocycles. The quantitative estimate of drug-likeness (QED) is 0.383. The molecule has 0 aromatic rings. The van der Waals surface area contributed by atoms with Crippen molar-refractivity contribution in [1.82, 2.24) is 0 Å². The maximum atomic E-state index is 11.4. The topological polar surface area (TPSA) is 47.9 Å². The van der Waals surface area contributed by atoms with Gasteiger partial charge in [0, 0.05) is 0 Å². The first-order valence-electron chi connectivity index (χ1n) is 5.18. The summed E-state index contributed by atoms with van der Waals surface area (Å²) < 4.78 is 4.83. The molecule has 1 aliphatic rings. The smallest absolute Gasteiger partial charge is 0.360 e. The molecule has 0 aromatic heterocycles. The number of hydrogen-bond donors (Lipinski definition) is 0. The third-order valence-electron chi connectivity index (χ3n) is 2.04. The van der Waals surface area contributed by atoms with E-state index in [1.807, 2.05) is 0 Å². The van der Waals surface area contributed by atoms with Crippen LogP contribution in [-0.4, -0.2) is 24.9 Å². The Morgan fingerprint density at radius 2 is 2.20 bits per heavy atom. The van der Waals surface area contributed by atoms with Gasteiger partial charge in [0.25, 0.3) is 0 Å². The lowest BCUT2D eigenvalue weighted by Gasteiger charge is -2.05. The molecule has 1 rings (SSSR count). The van der Waals surface area contributed by atoms with Crippen LogP contribution in [0.25, 0.3) is 0 Å². The van der Waals surface area contributed by atoms with Gasteiger partial charge in [0.1, 0.15) is 6.61 Å². The highest BCUT2D eigenvalue weighted by atomic mass is 16.6. The third-order valence-corrected chi connectivity index (χ3v) is 2.04. The predicted octanol–water partition coefficient (Wildman–Crippen LogP) is 1.91. The molecule has 0 aromatic carbocycles. The number of nitrogens with zero attached hydrogens (tertiary/aromatic N) is 1. The van der Waals surface area contributed by atoms with Gasteiger partial charge in [-0.25, -0.2) is 4.79 Å². The van der Waals surface area contributed by atoms with Crippen molar-refractivity contribution in [1.29, 1.82) is 0 Å². The van der Waals surface area contributed by atoms with Crippen LogP contribution in [0.4, 0.5) is 0 Å². The van der Waals surface area contributed by atoms with Crippen LogP contribution in [0.3, 0.4) is 0 Å². The molecule has 1 saturated carbocycles. The average molecular weight is 211 g/mol. The van der Waals surface area contributed by atoms with Crippen LogP contribution in [0.5, 0.6) is 0 Å². The maximum absolute atomic E-state index is 11.4. The molecular weight excluding hydrogens is 194 g/mol. The summed E-state index contributed by atoms with van der Waals surface area (Å²) in [4.78, 5) is 16.5. The van der Waals surface area contributed by atoms with E-state index in [4.69, 9.17) is 9.57 Å². The minimum Gasteiger partial charge on any atom is -0.461 e. The zero-order chi connectivity index (χ0) is 11.3. The highest BCUT2D eigenvalue weighted by molar-refractivity contribution is 6.42. The molecule has 0 unspecified atom stereocenters. The summed E-state index contributed by atoms with van der Waals surface area (Å²) >= 11 is 0. The molecule has 15 heavy (non-hydrogen) atoms. The van der Waals surface area contributed by atoms with Gasteiger partial charge in [-0.05, 0) is 38.2 Å². The average Bonchev–Trinajstić information content (AvgIpc) is 2.95. The zero-order valence-corrected chi connectivity index (χ0v) is 9.28. The van der Waals surface area contributed by atoms with Crippen LogP contribution in [0.1, 0.15) is 26.7 Å². The number of carbonyl (C=O) groups excluding carboxylic acids is 1. The fourth-order valence-corrected chi connectivity index (χ4v) is 0.981. The Morgan fingerprint density at radius 3 is 2.67 bits per heavy atom. The van der Waals surface area contributed by atoms with E-state index in [9.17, 15) is 4.79 Å². The summed E-state index contributed by atoms with van der Waals surface area (Å²) in [5, 5.41) is 3.76. The molecule has 1 fully saturated rings. The van der Waals surface area contributed by atoms with Crippen molar-refractivity contribution in [3.8, 4) is 0 Å². The van der Waals surface area contributed by atoms with Crippen LogP contribution in [0.2, 0.25) is 0 Å². The standard InChI is InChI=1S/C11H17NO3/c1-4-14-11(13)10(8(2)3)12-15-7-9-5-6-9/h9H,2,4-7H2,1,3H3/b12-10-. The number of ether oxygens (including phenoxy) is 1. The molecular formula is C11H17NO3. The fourth-order valence-electron chi connectivity index (χ4n) is 0.981. The summed E-state index contributed by atoms with van der Waals surface area (Å²) in [7, 11) is 0. The number of rotatable bonds is 6. The van der Waals surface area contributed by atoms with Gasteiger partial charge in [0.05, 0.1) is 6.61 Å². The van der Waals surface area contributed by atoms with Crippen LogP contribution >= 0.6 is 0 Å². The largest absolute Gasteiger partial charge is 0.461 e. The maximum Gasteiger partial charge on any atom is 0.360 e. The highest BCUT2D eigenvalue weighted by Crippen LogP contribution is 2.28. The third kappa shape index (κ3) is 4.14. The Balaban J connectivity index is 2.46. The number of esters is 1. The van der Waals surface area contributed by atoms with Gasteiger partial charge in [-0.15, -0.1) is 0 Å². The van der Waals surface area contributed by atoms with E-state index in [0.717, 1.165) is 0 Å². The Labute approximate surface area is 89.9 Å². The Kier molecular flexibility index (Phi) is 4.34. The van der Waals surface area contributed by atoms with E-state index in [-0.39, 0.29) is 5.71 Å². The van der Waals surface area contributed by atoms with Gasteiger partial charge in [-0.1, -0.05) is 11.7 Å². The fraction of sp³-hybridized carbons (Fsp3) is 0.636. The van der Waals surface area contributed by atoms with Crippen molar-refractivity contribution < 1.29 is 14.4 Å². The minimum absolute atomic E-state index is 0.178. The molecule has 0 saturated heterocycles.